The lowest BCUT2D eigenvalue weighted by Crippen LogP contribution is -2.48. The molecular formula is C33H61O8PSi2. The first kappa shape index (κ1) is 40.9. The SMILES string of the molecule is COc1ccc(CO[C@@H](C[C@H](O[Si](C)(C)C(C)(C)C)C(=O)CP(=O)(OC)OC)[C@H](C)/C=C(\C)CO[Si](C)(C)C(C)(C)C)cc1. The third-order valence-electron chi connectivity index (χ3n) is 9.18. The largest absolute Gasteiger partial charge is 0.497 e. The highest BCUT2D eigenvalue weighted by atomic mass is 31.2. The number of benzene rings is 1. The number of carbonyl (C=O) groups excluding carboxylic acids is 1. The summed E-state index contributed by atoms with van der Waals surface area (Å²) < 4.78 is 48.3. The molecule has 1 rings (SSSR count). The van der Waals surface area contributed by atoms with Crippen LogP contribution in [-0.2, 0) is 38.6 Å². The van der Waals surface area contributed by atoms with E-state index >= 15 is 0 Å². The quantitative estimate of drug-likeness (QED) is 0.0867. The Hall–Kier alpha value is -1.11. The van der Waals surface area contributed by atoms with E-state index in [1.165, 1.54) is 14.2 Å². The van der Waals surface area contributed by atoms with Gasteiger partial charge < -0.3 is 27.4 Å². The van der Waals surface area contributed by atoms with Gasteiger partial charge in [0.1, 0.15) is 18.0 Å². The van der Waals surface area contributed by atoms with Gasteiger partial charge in [-0.25, -0.2) is 0 Å². The number of ether oxygens (including phenoxy) is 2. The van der Waals surface area contributed by atoms with Crippen molar-refractivity contribution in [2.45, 2.75) is 117 Å². The summed E-state index contributed by atoms with van der Waals surface area (Å²) in [6.45, 7) is 26.9. The van der Waals surface area contributed by atoms with Crippen molar-refractivity contribution in [3.63, 3.8) is 0 Å². The number of hydrogen-bond acceptors (Lipinski definition) is 8. The van der Waals surface area contributed by atoms with Crippen molar-refractivity contribution in [3.8, 4) is 5.75 Å². The molecule has 0 radical (unpaired) electrons. The van der Waals surface area contributed by atoms with Gasteiger partial charge in [0, 0.05) is 26.6 Å². The Morgan fingerprint density at radius 1 is 0.909 bits per heavy atom. The molecule has 0 heterocycles. The Morgan fingerprint density at radius 3 is 1.89 bits per heavy atom. The number of Topliss-reactive ketones (excluding diaryl/α,β-unsaturated/α-hetero) is 1. The molecule has 0 unspecified atom stereocenters. The van der Waals surface area contributed by atoms with Gasteiger partial charge in [0.25, 0.3) is 0 Å². The van der Waals surface area contributed by atoms with E-state index in [0.717, 1.165) is 16.9 Å². The molecule has 0 spiro atoms. The van der Waals surface area contributed by atoms with E-state index in [1.54, 1.807) is 7.11 Å². The molecule has 0 aliphatic rings. The lowest BCUT2D eigenvalue weighted by Gasteiger charge is -2.40. The first-order valence-corrected chi connectivity index (χ1v) is 23.0. The fourth-order valence-corrected chi connectivity index (χ4v) is 7.27. The number of ketones is 1. The fourth-order valence-electron chi connectivity index (χ4n) is 3.96. The van der Waals surface area contributed by atoms with Crippen LogP contribution in [0.3, 0.4) is 0 Å². The summed E-state index contributed by atoms with van der Waals surface area (Å²) in [5.41, 5.74) is 2.10. The monoisotopic (exact) mass is 672 g/mol. The van der Waals surface area contributed by atoms with Crippen molar-refractivity contribution in [3.05, 3.63) is 41.5 Å². The standard InChI is InChI=1S/C33H61O8PSi2/c1-25(22-40-43(12,13)32(3,4)5)20-26(2)30(39-23-27-16-18-28(36-9)19-17-27)21-31(41-44(14,15)33(6,7)8)29(34)24-42(35,37-10)38-11/h16-20,26,30-31H,21-24H2,1-15H3/b25-20+/t26-,30+,31+/m1/s1. The smallest absolute Gasteiger partial charge is 0.337 e. The molecule has 0 fully saturated rings. The average Bonchev–Trinajstić information content (AvgIpc) is 2.92. The van der Waals surface area contributed by atoms with Gasteiger partial charge in [0.05, 0.1) is 26.4 Å². The summed E-state index contributed by atoms with van der Waals surface area (Å²) in [4.78, 5) is 13.8. The predicted octanol–water partition coefficient (Wildman–Crippen LogP) is 9.02. The fraction of sp³-hybridized carbons (Fsp3) is 0.727. The minimum atomic E-state index is -3.59. The Labute approximate surface area is 270 Å². The van der Waals surface area contributed by atoms with Crippen molar-refractivity contribution >= 4 is 30.0 Å². The molecular weight excluding hydrogens is 612 g/mol. The molecule has 1 aromatic carbocycles. The Kier molecular flexibility index (Phi) is 15.5. The molecule has 254 valence electrons. The number of hydrogen-bond donors (Lipinski definition) is 0. The van der Waals surface area contributed by atoms with Crippen LogP contribution < -0.4 is 4.74 Å². The van der Waals surface area contributed by atoms with Crippen molar-refractivity contribution in [1.29, 1.82) is 0 Å². The molecule has 0 amide bonds. The highest BCUT2D eigenvalue weighted by molar-refractivity contribution is 7.54. The molecule has 44 heavy (non-hydrogen) atoms. The molecule has 0 aliphatic heterocycles. The van der Waals surface area contributed by atoms with Crippen molar-refractivity contribution in [2.24, 2.45) is 5.92 Å². The van der Waals surface area contributed by atoms with Crippen LogP contribution >= 0.6 is 7.60 Å². The van der Waals surface area contributed by atoms with E-state index in [9.17, 15) is 9.36 Å². The topological polar surface area (TPSA) is 89.5 Å². The maximum atomic E-state index is 13.8. The van der Waals surface area contributed by atoms with E-state index in [0.29, 0.717) is 19.6 Å². The Morgan fingerprint density at radius 2 is 1.43 bits per heavy atom. The van der Waals surface area contributed by atoms with E-state index in [1.807, 2.05) is 24.3 Å². The summed E-state index contributed by atoms with van der Waals surface area (Å²) >= 11 is 0. The molecule has 0 saturated heterocycles. The van der Waals surface area contributed by atoms with Crippen molar-refractivity contribution in [1.82, 2.24) is 0 Å². The first-order chi connectivity index (χ1) is 20.0. The zero-order chi connectivity index (χ0) is 34.1. The van der Waals surface area contributed by atoms with Crippen LogP contribution in [0.2, 0.25) is 36.3 Å². The zero-order valence-corrected chi connectivity index (χ0v) is 33.1. The predicted molar refractivity (Wildman–Crippen MR) is 186 cm³/mol. The molecule has 0 saturated carbocycles. The maximum Gasteiger partial charge on any atom is 0.337 e. The van der Waals surface area contributed by atoms with Gasteiger partial charge in [-0.15, -0.1) is 0 Å². The van der Waals surface area contributed by atoms with Crippen molar-refractivity contribution in [2.75, 3.05) is 34.1 Å². The van der Waals surface area contributed by atoms with Gasteiger partial charge in [-0.3, -0.25) is 9.36 Å². The summed E-state index contributed by atoms with van der Waals surface area (Å²) in [7, 11) is -3.68. The highest BCUT2D eigenvalue weighted by Crippen LogP contribution is 2.47. The van der Waals surface area contributed by atoms with Gasteiger partial charge in [-0.2, -0.15) is 0 Å². The summed E-state index contributed by atoms with van der Waals surface area (Å²) in [5.74, 6) is 0.397. The first-order valence-electron chi connectivity index (χ1n) is 15.5. The van der Waals surface area contributed by atoms with E-state index in [4.69, 9.17) is 27.4 Å². The summed E-state index contributed by atoms with van der Waals surface area (Å²) in [6.07, 6.45) is 0.893. The van der Waals surface area contributed by atoms with Crippen LogP contribution in [0, 0.1) is 5.92 Å². The molecule has 11 heteroatoms. The van der Waals surface area contributed by atoms with Crippen LogP contribution in [0.15, 0.2) is 35.9 Å². The van der Waals surface area contributed by atoms with Gasteiger partial charge in [0.2, 0.25) is 0 Å². The third kappa shape index (κ3) is 12.6. The second-order valence-corrected chi connectivity index (χ2v) is 26.7. The van der Waals surface area contributed by atoms with Gasteiger partial charge >= 0.3 is 7.60 Å². The zero-order valence-electron chi connectivity index (χ0n) is 30.2. The molecule has 8 nitrogen and oxygen atoms in total. The summed E-state index contributed by atoms with van der Waals surface area (Å²) in [6, 6.07) is 7.74. The van der Waals surface area contributed by atoms with Crippen LogP contribution in [0.4, 0.5) is 0 Å². The van der Waals surface area contributed by atoms with Crippen LogP contribution in [0.25, 0.3) is 0 Å². The second-order valence-electron chi connectivity index (χ2n) is 14.8. The van der Waals surface area contributed by atoms with E-state index < -0.39 is 30.3 Å². The van der Waals surface area contributed by atoms with Crippen molar-refractivity contribution < 1.29 is 36.7 Å². The molecule has 1 aromatic rings. The van der Waals surface area contributed by atoms with Crippen LogP contribution in [0.5, 0.6) is 5.75 Å². The second kappa shape index (κ2) is 16.6. The molecule has 3 atom stereocenters. The van der Waals surface area contributed by atoms with E-state index in [2.05, 4.69) is 87.7 Å². The molecule has 0 bridgehead atoms. The molecule has 0 aromatic heterocycles. The number of carbonyl (C=O) groups is 1. The van der Waals surface area contributed by atoms with Gasteiger partial charge in [0.15, 0.2) is 22.4 Å². The van der Waals surface area contributed by atoms with E-state index in [-0.39, 0.29) is 34.0 Å². The van der Waals surface area contributed by atoms with Crippen LogP contribution in [0.1, 0.15) is 67.4 Å². The lowest BCUT2D eigenvalue weighted by molar-refractivity contribution is -0.126. The van der Waals surface area contributed by atoms with Crippen LogP contribution in [-0.4, -0.2) is 68.7 Å². The minimum Gasteiger partial charge on any atom is -0.497 e. The maximum absolute atomic E-state index is 13.8. The van der Waals surface area contributed by atoms with Gasteiger partial charge in [-0.1, -0.05) is 72.2 Å². The number of methoxy groups -OCH3 is 1. The number of rotatable bonds is 18. The minimum absolute atomic E-state index is 0.0637. The average molecular weight is 673 g/mol. The normalized spacial score (nSPS) is 16.0. The molecule has 0 N–H and O–H groups in total. The highest BCUT2D eigenvalue weighted by Gasteiger charge is 2.43. The summed E-state index contributed by atoms with van der Waals surface area (Å²) in [5, 5.41) is -0.0260. The Bertz CT molecular complexity index is 1110. The third-order valence-corrected chi connectivity index (χ3v) is 20.0. The lowest BCUT2D eigenvalue weighted by atomic mass is 9.95. The van der Waals surface area contributed by atoms with Gasteiger partial charge in [-0.05, 0) is 60.9 Å². The Balaban J connectivity index is 3.42. The molecule has 0 aliphatic carbocycles.